The largest absolute Gasteiger partial charge is 0.374 e. The Hall–Kier alpha value is 0.920. The molecule has 3 heteroatoms. The lowest BCUT2D eigenvalue weighted by Crippen LogP contribution is -1.79. The van der Waals surface area contributed by atoms with Gasteiger partial charge in [-0.3, -0.25) is 0 Å². The van der Waals surface area contributed by atoms with Gasteiger partial charge in [0.2, 0.25) is 0 Å². The van der Waals surface area contributed by atoms with Gasteiger partial charge in [-0.1, -0.05) is 15.9 Å². The summed E-state index contributed by atoms with van der Waals surface area (Å²) in [6.45, 7) is 0. The van der Waals surface area contributed by atoms with E-state index in [0.717, 1.165) is 0 Å². The molecule has 0 amide bonds. The van der Waals surface area contributed by atoms with Gasteiger partial charge in [-0.15, -0.1) is 0 Å². The molecule has 0 heterocycles. The Morgan fingerprint density at radius 2 is 2.00 bits per heavy atom. The van der Waals surface area contributed by atoms with Gasteiger partial charge in [0.05, 0.1) is 0 Å². The molecule has 0 aromatic rings. The number of hydrogen-bond acceptors (Lipinski definition) is 1. The minimum absolute atomic E-state index is 0.234. The summed E-state index contributed by atoms with van der Waals surface area (Å²) in [7, 11) is 0. The van der Waals surface area contributed by atoms with Gasteiger partial charge >= 0.3 is 0 Å². The average molecular weight is 203 g/mol. The van der Waals surface area contributed by atoms with Crippen LogP contribution in [0.25, 0.3) is 0 Å². The molecule has 0 spiro atoms. The molecule has 0 atom stereocenters. The Balaban J connectivity index is 2.54. The third kappa shape index (κ3) is 4.92. The molecular formula is C2H3Br2O. The van der Waals surface area contributed by atoms with Crippen LogP contribution in [0.15, 0.2) is 0 Å². The monoisotopic (exact) mass is 201 g/mol. The SMILES string of the molecule is O[C](Br)CBr. The van der Waals surface area contributed by atoms with Crippen LogP contribution in [0.4, 0.5) is 0 Å². The predicted octanol–water partition coefficient (Wildman–Crippen LogP) is 1.64. The molecule has 0 aliphatic heterocycles. The van der Waals surface area contributed by atoms with Gasteiger partial charge < -0.3 is 5.11 Å². The van der Waals surface area contributed by atoms with Crippen molar-refractivity contribution in [1.82, 2.24) is 0 Å². The number of rotatable bonds is 1. The maximum Gasteiger partial charge on any atom is 0.168 e. The van der Waals surface area contributed by atoms with Gasteiger partial charge in [0.1, 0.15) is 0 Å². The van der Waals surface area contributed by atoms with Crippen molar-refractivity contribution in [2.24, 2.45) is 0 Å². The minimum atomic E-state index is 0.234. The normalized spacial score (nSPS) is 9.60. The second-order valence-electron chi connectivity index (χ2n) is 0.510. The Labute approximate surface area is 47.6 Å². The second kappa shape index (κ2) is 3.12. The second-order valence-corrected chi connectivity index (χ2v) is 1.99. The van der Waals surface area contributed by atoms with E-state index in [1.165, 1.54) is 0 Å². The zero-order valence-corrected chi connectivity index (χ0v) is 5.58. The molecule has 1 radical (unpaired) electrons. The van der Waals surface area contributed by atoms with Gasteiger partial charge in [-0.05, 0) is 15.9 Å². The third-order valence-corrected chi connectivity index (χ3v) is 1.67. The summed E-state index contributed by atoms with van der Waals surface area (Å²) in [5.41, 5.74) is 0. The van der Waals surface area contributed by atoms with Gasteiger partial charge in [0, 0.05) is 5.33 Å². The number of aliphatic hydroxyl groups excluding tert-OH is 1. The van der Waals surface area contributed by atoms with Crippen LogP contribution >= 0.6 is 31.9 Å². The fraction of sp³-hybridized carbons (Fsp3) is 0.500. The zero-order chi connectivity index (χ0) is 4.28. The van der Waals surface area contributed by atoms with E-state index < -0.39 is 0 Å². The maximum atomic E-state index is 8.15. The number of hydrogen-bond donors (Lipinski definition) is 1. The lowest BCUT2D eigenvalue weighted by Gasteiger charge is -1.84. The quantitative estimate of drug-likeness (QED) is 0.642. The summed E-state index contributed by atoms with van der Waals surface area (Å²) < 4.78 is 0. The van der Waals surface area contributed by atoms with E-state index in [4.69, 9.17) is 5.11 Å². The molecule has 5 heavy (non-hydrogen) atoms. The van der Waals surface area contributed by atoms with Gasteiger partial charge in [0.15, 0.2) is 5.01 Å². The fourth-order valence-corrected chi connectivity index (χ4v) is 0. The third-order valence-electron chi connectivity index (χ3n) is 0.110. The highest BCUT2D eigenvalue weighted by atomic mass is 79.9. The summed E-state index contributed by atoms with van der Waals surface area (Å²) in [6.07, 6.45) is 0. The van der Waals surface area contributed by atoms with E-state index >= 15 is 0 Å². The average Bonchev–Trinajstić information content (AvgIpc) is 1.38. The first kappa shape index (κ1) is 5.92. The summed E-state index contributed by atoms with van der Waals surface area (Å²) in [5, 5.41) is 8.89. The molecule has 0 unspecified atom stereocenters. The van der Waals surface area contributed by atoms with Crippen LogP contribution < -0.4 is 0 Å². The van der Waals surface area contributed by atoms with Gasteiger partial charge in [-0.25, -0.2) is 0 Å². The smallest absolute Gasteiger partial charge is 0.168 e. The topological polar surface area (TPSA) is 20.2 Å². The number of aliphatic hydroxyl groups is 1. The summed E-state index contributed by atoms with van der Waals surface area (Å²) in [6, 6.07) is 0. The highest BCUT2D eigenvalue weighted by Crippen LogP contribution is 2.05. The van der Waals surface area contributed by atoms with E-state index in [0.29, 0.717) is 5.33 Å². The first-order valence-corrected chi connectivity index (χ1v) is 2.95. The van der Waals surface area contributed by atoms with E-state index in [1.807, 2.05) is 0 Å². The van der Waals surface area contributed by atoms with Crippen molar-refractivity contribution in [3.8, 4) is 0 Å². The lowest BCUT2D eigenvalue weighted by atomic mass is 10.9. The van der Waals surface area contributed by atoms with E-state index in [1.54, 1.807) is 0 Å². The Bertz CT molecular complexity index is 21.6. The molecule has 0 aromatic heterocycles. The molecule has 0 aromatic carbocycles. The van der Waals surface area contributed by atoms with Crippen molar-refractivity contribution >= 4 is 31.9 Å². The molecule has 0 aliphatic rings. The predicted molar refractivity (Wildman–Crippen MR) is 27.9 cm³/mol. The van der Waals surface area contributed by atoms with Crippen molar-refractivity contribution < 1.29 is 5.11 Å². The molecule has 0 aliphatic carbocycles. The molecule has 0 saturated carbocycles. The van der Waals surface area contributed by atoms with Crippen molar-refractivity contribution in [3.05, 3.63) is 5.01 Å². The van der Waals surface area contributed by atoms with E-state index in [-0.39, 0.29) is 5.01 Å². The van der Waals surface area contributed by atoms with Crippen molar-refractivity contribution in [2.75, 3.05) is 5.33 Å². The summed E-state index contributed by atoms with van der Waals surface area (Å²) >= 11 is 5.78. The van der Waals surface area contributed by atoms with Crippen molar-refractivity contribution in [1.29, 1.82) is 0 Å². The number of halogens is 2. The van der Waals surface area contributed by atoms with Crippen LogP contribution in [0.2, 0.25) is 0 Å². The lowest BCUT2D eigenvalue weighted by molar-refractivity contribution is 0.388. The van der Waals surface area contributed by atoms with Crippen molar-refractivity contribution in [3.63, 3.8) is 0 Å². The molecule has 0 bridgehead atoms. The van der Waals surface area contributed by atoms with Gasteiger partial charge in [0.25, 0.3) is 0 Å². The van der Waals surface area contributed by atoms with E-state index in [9.17, 15) is 0 Å². The number of alkyl halides is 1. The molecule has 1 nitrogen and oxygen atoms in total. The molecule has 0 fully saturated rings. The Morgan fingerprint density at radius 1 is 1.80 bits per heavy atom. The van der Waals surface area contributed by atoms with Crippen LogP contribution in [0.3, 0.4) is 0 Å². The van der Waals surface area contributed by atoms with Crippen molar-refractivity contribution in [2.45, 2.75) is 0 Å². The zero-order valence-electron chi connectivity index (χ0n) is 2.41. The summed E-state index contributed by atoms with van der Waals surface area (Å²) in [5.74, 6) is 0. The molecular weight excluding hydrogens is 200 g/mol. The van der Waals surface area contributed by atoms with E-state index in [2.05, 4.69) is 31.9 Å². The maximum absolute atomic E-state index is 8.15. The highest BCUT2D eigenvalue weighted by molar-refractivity contribution is 9.13. The van der Waals surface area contributed by atoms with Crippen LogP contribution in [0.1, 0.15) is 0 Å². The van der Waals surface area contributed by atoms with Gasteiger partial charge in [-0.2, -0.15) is 0 Å². The highest BCUT2D eigenvalue weighted by Gasteiger charge is 1.88. The van der Waals surface area contributed by atoms with Crippen LogP contribution in [0.5, 0.6) is 0 Å². The first-order valence-electron chi connectivity index (χ1n) is 1.03. The minimum Gasteiger partial charge on any atom is -0.374 e. The van der Waals surface area contributed by atoms with Crippen LogP contribution in [0, 0.1) is 5.01 Å². The molecule has 1 N–H and O–H groups in total. The fourth-order valence-electron chi connectivity index (χ4n) is 0. The molecule has 0 saturated heterocycles. The Morgan fingerprint density at radius 3 is 2.00 bits per heavy atom. The van der Waals surface area contributed by atoms with Crippen LogP contribution in [-0.2, 0) is 0 Å². The standard InChI is InChI=1S/C2H3Br2O/c3-1-2(4)5/h5H,1H2. The molecule has 31 valence electrons. The summed E-state index contributed by atoms with van der Waals surface area (Å²) in [4.78, 5) is 0. The Kier molecular flexibility index (Phi) is 3.70. The molecule has 0 rings (SSSR count). The van der Waals surface area contributed by atoms with Crippen LogP contribution in [-0.4, -0.2) is 10.4 Å². The first-order chi connectivity index (χ1) is 2.27.